The molecule has 0 spiro atoms. The van der Waals surface area contributed by atoms with Gasteiger partial charge in [0.05, 0.1) is 0 Å². The number of rotatable bonds is 4. The standard InChI is InChI=1S/C26H36Si/c1-19-2-6-21(7-3-19)23-10-14-25(15-11-23)26-16-12-24(13-17-26)22-8-4-20(18-27)5-9-22/h10-17,19-22H,2-9,18H2,1,27H3. The van der Waals surface area contributed by atoms with Crippen LogP contribution in [-0.2, 0) is 0 Å². The molecule has 144 valence electrons. The minimum atomic E-state index is 0.790. The van der Waals surface area contributed by atoms with E-state index in [2.05, 4.69) is 55.5 Å². The fourth-order valence-electron chi connectivity index (χ4n) is 5.39. The fraction of sp³-hybridized carbons (Fsp3) is 0.538. The summed E-state index contributed by atoms with van der Waals surface area (Å²) >= 11 is 0. The second kappa shape index (κ2) is 8.77. The molecule has 4 rings (SSSR count). The van der Waals surface area contributed by atoms with E-state index < -0.39 is 0 Å². The zero-order valence-electron chi connectivity index (χ0n) is 17.3. The van der Waals surface area contributed by atoms with Crippen LogP contribution >= 0.6 is 0 Å². The summed E-state index contributed by atoms with van der Waals surface area (Å²) in [6.07, 6.45) is 11.3. The molecule has 2 fully saturated rings. The zero-order valence-corrected chi connectivity index (χ0v) is 19.3. The van der Waals surface area contributed by atoms with Gasteiger partial charge in [-0.3, -0.25) is 0 Å². The van der Waals surface area contributed by atoms with Gasteiger partial charge in [0.1, 0.15) is 0 Å². The average Bonchev–Trinajstić information content (AvgIpc) is 2.75. The van der Waals surface area contributed by atoms with Crippen molar-refractivity contribution in [3.63, 3.8) is 0 Å². The molecule has 2 saturated carbocycles. The summed E-state index contributed by atoms with van der Waals surface area (Å²) in [5.41, 5.74) is 5.86. The topological polar surface area (TPSA) is 0 Å². The van der Waals surface area contributed by atoms with E-state index in [0.717, 1.165) is 23.7 Å². The minimum absolute atomic E-state index is 0.790. The van der Waals surface area contributed by atoms with Gasteiger partial charge in [0.15, 0.2) is 0 Å². The fourth-order valence-corrected chi connectivity index (χ4v) is 6.21. The zero-order chi connectivity index (χ0) is 18.6. The van der Waals surface area contributed by atoms with Gasteiger partial charge in [-0.1, -0.05) is 87.2 Å². The van der Waals surface area contributed by atoms with Crippen LogP contribution in [0.1, 0.15) is 81.3 Å². The molecule has 2 aliphatic rings. The Balaban J connectivity index is 1.40. The molecule has 1 heteroatoms. The minimum Gasteiger partial charge on any atom is -0.0631 e. The maximum atomic E-state index is 2.40. The molecule has 2 aromatic rings. The van der Waals surface area contributed by atoms with Crippen LogP contribution in [0.4, 0.5) is 0 Å². The quantitative estimate of drug-likeness (QED) is 0.520. The van der Waals surface area contributed by atoms with E-state index in [1.807, 2.05) is 0 Å². The summed E-state index contributed by atoms with van der Waals surface area (Å²) in [5, 5.41) is 0. The van der Waals surface area contributed by atoms with Gasteiger partial charge in [0.25, 0.3) is 0 Å². The third-order valence-electron chi connectivity index (χ3n) is 7.54. The third-order valence-corrected chi connectivity index (χ3v) is 8.69. The summed E-state index contributed by atoms with van der Waals surface area (Å²) < 4.78 is 0. The number of hydrogen-bond acceptors (Lipinski definition) is 0. The van der Waals surface area contributed by atoms with Crippen LogP contribution in [0.2, 0.25) is 6.04 Å². The highest BCUT2D eigenvalue weighted by Crippen LogP contribution is 2.38. The smallest absolute Gasteiger partial charge is 0.00314 e. The average molecular weight is 377 g/mol. The van der Waals surface area contributed by atoms with Crippen molar-refractivity contribution in [2.45, 2.75) is 76.2 Å². The highest BCUT2D eigenvalue weighted by molar-refractivity contribution is 6.08. The monoisotopic (exact) mass is 376 g/mol. The van der Waals surface area contributed by atoms with Gasteiger partial charge in [-0.05, 0) is 71.6 Å². The van der Waals surface area contributed by atoms with Crippen molar-refractivity contribution in [1.29, 1.82) is 0 Å². The van der Waals surface area contributed by atoms with Crippen molar-refractivity contribution in [2.24, 2.45) is 11.8 Å². The maximum Gasteiger partial charge on any atom is 0.00314 e. The van der Waals surface area contributed by atoms with Crippen LogP contribution < -0.4 is 0 Å². The van der Waals surface area contributed by atoms with Gasteiger partial charge >= 0.3 is 0 Å². The van der Waals surface area contributed by atoms with Gasteiger partial charge in [-0.2, -0.15) is 0 Å². The van der Waals surface area contributed by atoms with Crippen molar-refractivity contribution < 1.29 is 0 Å². The largest absolute Gasteiger partial charge is 0.0631 e. The molecule has 0 heterocycles. The Morgan fingerprint density at radius 3 is 1.44 bits per heavy atom. The van der Waals surface area contributed by atoms with Gasteiger partial charge in [0, 0.05) is 10.2 Å². The predicted octanol–water partition coefficient (Wildman–Crippen LogP) is 6.70. The highest BCUT2D eigenvalue weighted by atomic mass is 28.1. The van der Waals surface area contributed by atoms with Gasteiger partial charge in [-0.25, -0.2) is 0 Å². The first-order valence-corrected chi connectivity index (χ1v) is 12.8. The molecule has 0 N–H and O–H groups in total. The van der Waals surface area contributed by atoms with E-state index in [1.54, 1.807) is 11.1 Å². The Hall–Kier alpha value is -1.34. The summed E-state index contributed by atoms with van der Waals surface area (Å²) in [6.45, 7) is 2.40. The summed E-state index contributed by atoms with van der Waals surface area (Å²) in [7, 11) is 1.38. The second-order valence-corrected chi connectivity index (χ2v) is 10.1. The lowest BCUT2D eigenvalue weighted by Gasteiger charge is -2.28. The first kappa shape index (κ1) is 19.0. The molecule has 0 nitrogen and oxygen atoms in total. The van der Waals surface area contributed by atoms with E-state index in [-0.39, 0.29) is 0 Å². The molecule has 0 aromatic heterocycles. The van der Waals surface area contributed by atoms with Crippen molar-refractivity contribution in [3.05, 3.63) is 59.7 Å². The van der Waals surface area contributed by atoms with Crippen molar-refractivity contribution >= 4 is 10.2 Å². The molecule has 2 aromatic carbocycles. The molecule has 0 amide bonds. The van der Waals surface area contributed by atoms with Crippen LogP contribution in [0.15, 0.2) is 48.5 Å². The molecule has 0 radical (unpaired) electrons. The molecule has 0 aliphatic heterocycles. The van der Waals surface area contributed by atoms with Crippen molar-refractivity contribution in [2.75, 3.05) is 0 Å². The second-order valence-electron chi connectivity index (χ2n) is 9.33. The molecular weight excluding hydrogens is 340 g/mol. The number of benzene rings is 2. The third kappa shape index (κ3) is 4.56. The maximum absolute atomic E-state index is 2.40. The first-order valence-electron chi connectivity index (χ1n) is 11.4. The molecule has 2 aliphatic carbocycles. The van der Waals surface area contributed by atoms with E-state index >= 15 is 0 Å². The molecule has 0 saturated heterocycles. The van der Waals surface area contributed by atoms with Crippen molar-refractivity contribution in [1.82, 2.24) is 0 Å². The summed E-state index contributed by atoms with van der Waals surface area (Å²) in [4.78, 5) is 0. The first-order chi connectivity index (χ1) is 13.2. The van der Waals surface area contributed by atoms with E-state index in [4.69, 9.17) is 0 Å². The Bertz CT molecular complexity index is 699. The Morgan fingerprint density at radius 1 is 0.630 bits per heavy atom. The lowest BCUT2D eigenvalue weighted by Crippen LogP contribution is -2.12. The van der Waals surface area contributed by atoms with Crippen LogP contribution in [0.5, 0.6) is 0 Å². The van der Waals surface area contributed by atoms with E-state index in [0.29, 0.717) is 0 Å². The Morgan fingerprint density at radius 2 is 1.04 bits per heavy atom. The molecule has 0 atom stereocenters. The van der Waals surface area contributed by atoms with E-state index in [1.165, 1.54) is 78.8 Å². The molecule has 0 unspecified atom stereocenters. The van der Waals surface area contributed by atoms with Gasteiger partial charge in [0.2, 0.25) is 0 Å². The lowest BCUT2D eigenvalue weighted by molar-refractivity contribution is 0.348. The number of hydrogen-bond donors (Lipinski definition) is 0. The normalized spacial score (nSPS) is 28.9. The predicted molar refractivity (Wildman–Crippen MR) is 122 cm³/mol. The molecule has 0 bridgehead atoms. The van der Waals surface area contributed by atoms with Crippen LogP contribution in [-0.4, -0.2) is 10.2 Å². The summed E-state index contributed by atoms with van der Waals surface area (Å²) in [6, 6.07) is 20.5. The van der Waals surface area contributed by atoms with Crippen LogP contribution in [0, 0.1) is 11.8 Å². The van der Waals surface area contributed by atoms with Crippen LogP contribution in [0.3, 0.4) is 0 Å². The highest BCUT2D eigenvalue weighted by Gasteiger charge is 2.21. The molecular formula is C26H36Si. The van der Waals surface area contributed by atoms with Crippen LogP contribution in [0.25, 0.3) is 11.1 Å². The Kier molecular flexibility index (Phi) is 6.17. The van der Waals surface area contributed by atoms with Gasteiger partial charge < -0.3 is 0 Å². The van der Waals surface area contributed by atoms with E-state index in [9.17, 15) is 0 Å². The SMILES string of the molecule is CC1CCC(c2ccc(-c3ccc(C4CCC(C[SiH3])CC4)cc3)cc2)CC1. The lowest BCUT2D eigenvalue weighted by atomic mass is 9.79. The van der Waals surface area contributed by atoms with Crippen molar-refractivity contribution in [3.8, 4) is 11.1 Å². The Labute approximate surface area is 169 Å². The molecule has 27 heavy (non-hydrogen) atoms. The van der Waals surface area contributed by atoms with Gasteiger partial charge in [-0.15, -0.1) is 0 Å². The summed E-state index contributed by atoms with van der Waals surface area (Å²) in [5.74, 6) is 3.56.